The number of aliphatic hydroxyl groups is 1. The van der Waals surface area contributed by atoms with E-state index in [0.717, 1.165) is 19.4 Å². The number of halogens is 3. The third-order valence-electron chi connectivity index (χ3n) is 9.85. The molecule has 4 heterocycles. The summed E-state index contributed by atoms with van der Waals surface area (Å²) in [5.74, 6) is -0.0258. The Labute approximate surface area is 286 Å². The van der Waals surface area contributed by atoms with E-state index in [9.17, 15) is 24.7 Å². The van der Waals surface area contributed by atoms with Crippen LogP contribution in [0.25, 0.3) is 32.8 Å². The second-order valence-corrected chi connectivity index (χ2v) is 13.4. The van der Waals surface area contributed by atoms with Gasteiger partial charge in [0.25, 0.3) is 0 Å². The number of anilines is 1. The van der Waals surface area contributed by atoms with Gasteiger partial charge in [-0.05, 0) is 61.5 Å². The zero-order valence-corrected chi connectivity index (χ0v) is 27.5. The van der Waals surface area contributed by atoms with Crippen molar-refractivity contribution in [1.82, 2.24) is 19.8 Å². The Balaban J connectivity index is 1.36. The fraction of sp³-hybridized carbons (Fsp3) is 0.429. The highest BCUT2D eigenvalue weighted by molar-refractivity contribution is 6.36. The minimum Gasteiger partial charge on any atom is -0.465 e. The summed E-state index contributed by atoms with van der Waals surface area (Å²) < 4.78 is 43.4. The number of nitriles is 1. The number of amides is 1. The van der Waals surface area contributed by atoms with Crippen LogP contribution in [0.1, 0.15) is 32.6 Å². The summed E-state index contributed by atoms with van der Waals surface area (Å²) in [5.41, 5.74) is 0.0633. The van der Waals surface area contributed by atoms with Crippen LogP contribution in [0.2, 0.25) is 5.02 Å². The second kappa shape index (κ2) is 13.1. The molecule has 0 saturated carbocycles. The lowest BCUT2D eigenvalue weighted by molar-refractivity contribution is -0.000157. The van der Waals surface area contributed by atoms with Gasteiger partial charge in [-0.2, -0.15) is 15.2 Å². The monoisotopic (exact) mass is 692 g/mol. The Bertz CT molecular complexity index is 1980. The normalized spacial score (nSPS) is 23.1. The Hall–Kier alpha value is -4.51. The molecule has 49 heavy (non-hydrogen) atoms. The van der Waals surface area contributed by atoms with Gasteiger partial charge in [0, 0.05) is 54.0 Å². The summed E-state index contributed by atoms with van der Waals surface area (Å²) in [6.07, 6.45) is -1.22. The van der Waals surface area contributed by atoms with Crippen molar-refractivity contribution in [3.8, 4) is 29.0 Å². The van der Waals surface area contributed by atoms with Crippen LogP contribution in [0.4, 0.5) is 19.4 Å². The number of carbonyl (C=O) groups is 1. The quantitative estimate of drug-likeness (QED) is 0.212. The lowest BCUT2D eigenvalue weighted by atomic mass is 9.95. The largest absolute Gasteiger partial charge is 0.465 e. The van der Waals surface area contributed by atoms with Gasteiger partial charge in [0.15, 0.2) is 12.1 Å². The third-order valence-corrected chi connectivity index (χ3v) is 10.2. The molecule has 1 amide bonds. The minimum atomic E-state index is -1.12. The summed E-state index contributed by atoms with van der Waals surface area (Å²) in [7, 11) is 0. The van der Waals surface area contributed by atoms with Gasteiger partial charge < -0.3 is 29.5 Å². The van der Waals surface area contributed by atoms with Crippen LogP contribution in [0, 0.1) is 17.1 Å². The van der Waals surface area contributed by atoms with E-state index in [1.54, 1.807) is 36.4 Å². The number of ether oxygens (including phenoxy) is 2. The van der Waals surface area contributed by atoms with Crippen LogP contribution in [-0.2, 0) is 0 Å². The van der Waals surface area contributed by atoms with Crippen molar-refractivity contribution in [3.63, 3.8) is 0 Å². The number of alkyl halides is 1. The predicted octanol–water partition coefficient (Wildman–Crippen LogP) is 6.00. The maximum atomic E-state index is 17.0. The molecule has 0 radical (unpaired) electrons. The SMILES string of the molecule is CC(O)Oc1cc(-c2ccc3c(N4CCN(C(=O)O)[C@@H](CC#N)C4)nc(OC[C@@]45CCCN4C[C@H](F)C5)nc3c2F)c2c(Cl)cccc2c1. The molecule has 1 unspecified atom stereocenters. The number of hydrogen-bond acceptors (Lipinski definition) is 9. The van der Waals surface area contributed by atoms with Crippen molar-refractivity contribution in [2.24, 2.45) is 0 Å². The zero-order chi connectivity index (χ0) is 34.4. The van der Waals surface area contributed by atoms with Crippen molar-refractivity contribution < 1.29 is 33.3 Å². The molecule has 3 aliphatic heterocycles. The predicted molar refractivity (Wildman–Crippen MR) is 179 cm³/mol. The fourth-order valence-corrected chi connectivity index (χ4v) is 7.98. The van der Waals surface area contributed by atoms with Gasteiger partial charge in [0.05, 0.1) is 24.1 Å². The van der Waals surface area contributed by atoms with Gasteiger partial charge in [0.1, 0.15) is 29.9 Å². The molecule has 0 aliphatic carbocycles. The topological polar surface area (TPSA) is 135 Å². The van der Waals surface area contributed by atoms with E-state index in [-0.39, 0.29) is 49.8 Å². The first kappa shape index (κ1) is 33.0. The Kier molecular flexibility index (Phi) is 8.81. The van der Waals surface area contributed by atoms with E-state index < -0.39 is 36.0 Å². The van der Waals surface area contributed by atoms with E-state index in [1.807, 2.05) is 11.0 Å². The summed E-state index contributed by atoms with van der Waals surface area (Å²) in [6.45, 7) is 3.21. The third kappa shape index (κ3) is 6.13. The van der Waals surface area contributed by atoms with E-state index in [1.165, 1.54) is 11.8 Å². The molecule has 14 heteroatoms. The van der Waals surface area contributed by atoms with Gasteiger partial charge in [-0.15, -0.1) is 0 Å². The summed E-state index contributed by atoms with van der Waals surface area (Å²) >= 11 is 6.66. The number of nitrogens with zero attached hydrogens (tertiary/aromatic N) is 6. The van der Waals surface area contributed by atoms with Crippen LogP contribution in [0.3, 0.4) is 0 Å². The molecule has 0 bridgehead atoms. The van der Waals surface area contributed by atoms with Crippen LogP contribution < -0.4 is 14.4 Å². The fourth-order valence-electron chi connectivity index (χ4n) is 7.70. The Morgan fingerprint density at radius 2 is 2.02 bits per heavy atom. The maximum Gasteiger partial charge on any atom is 0.407 e. The molecule has 2 N–H and O–H groups in total. The van der Waals surface area contributed by atoms with Crippen LogP contribution in [0.15, 0.2) is 42.5 Å². The molecule has 4 atom stereocenters. The molecule has 256 valence electrons. The van der Waals surface area contributed by atoms with Crippen molar-refractivity contribution in [2.45, 2.75) is 56.6 Å². The number of fused-ring (bicyclic) bond motifs is 3. The minimum absolute atomic E-state index is 0.0326. The van der Waals surface area contributed by atoms with Gasteiger partial charge in [0.2, 0.25) is 0 Å². The van der Waals surface area contributed by atoms with Crippen molar-refractivity contribution in [2.75, 3.05) is 44.2 Å². The molecule has 0 spiro atoms. The number of hydrogen-bond donors (Lipinski definition) is 2. The van der Waals surface area contributed by atoms with Crippen LogP contribution in [0.5, 0.6) is 11.8 Å². The number of carboxylic acid groups (broad SMARTS) is 1. The molecule has 3 fully saturated rings. The lowest BCUT2D eigenvalue weighted by Gasteiger charge is -2.40. The van der Waals surface area contributed by atoms with Crippen LogP contribution in [-0.4, -0.2) is 99.4 Å². The Morgan fingerprint density at radius 1 is 1.18 bits per heavy atom. The van der Waals surface area contributed by atoms with E-state index in [2.05, 4.69) is 16.0 Å². The summed E-state index contributed by atoms with van der Waals surface area (Å²) in [4.78, 5) is 26.4. The Morgan fingerprint density at radius 3 is 2.80 bits per heavy atom. The first-order valence-corrected chi connectivity index (χ1v) is 16.7. The highest BCUT2D eigenvalue weighted by atomic mass is 35.5. The number of benzene rings is 3. The van der Waals surface area contributed by atoms with E-state index >= 15 is 4.39 Å². The van der Waals surface area contributed by atoms with Crippen molar-refractivity contribution >= 4 is 45.2 Å². The maximum absolute atomic E-state index is 17.0. The van der Waals surface area contributed by atoms with Crippen molar-refractivity contribution in [1.29, 1.82) is 5.26 Å². The molecule has 3 aliphatic rings. The van der Waals surface area contributed by atoms with E-state index in [0.29, 0.717) is 51.3 Å². The first-order valence-electron chi connectivity index (χ1n) is 16.3. The highest BCUT2D eigenvalue weighted by Gasteiger charge is 2.49. The number of piperazine rings is 1. The average Bonchev–Trinajstić information content (AvgIpc) is 3.59. The van der Waals surface area contributed by atoms with Gasteiger partial charge >= 0.3 is 12.1 Å². The molecule has 3 saturated heterocycles. The molecule has 3 aromatic carbocycles. The zero-order valence-electron chi connectivity index (χ0n) is 26.8. The van der Waals surface area contributed by atoms with Gasteiger partial charge in [-0.25, -0.2) is 13.6 Å². The molecular weight excluding hydrogens is 658 g/mol. The molecule has 4 aromatic rings. The van der Waals surface area contributed by atoms with E-state index in [4.69, 9.17) is 26.1 Å². The lowest BCUT2D eigenvalue weighted by Crippen LogP contribution is -2.55. The molecular formula is C35H35ClF2N6O5. The van der Waals surface area contributed by atoms with Gasteiger partial charge in [-0.1, -0.05) is 29.8 Å². The number of aliphatic hydroxyl groups excluding tert-OH is 1. The highest BCUT2D eigenvalue weighted by Crippen LogP contribution is 2.43. The standard InChI is InChI=1S/C35H35ClF2N6O5/c1-20(45)49-24-14-21-4-2-5-28(36)29(21)27(15-24)25-6-7-26-31(30(25)38)40-33(48-19-35-9-3-11-43(35)17-22(37)16-35)41-32(26)42-12-13-44(34(46)47)23(18-42)8-10-39/h2,4-7,14-15,20,22-23,45H,3,8-9,11-13,16-19H2,1H3,(H,46,47)/t20?,22-,23+,35+/m1/s1. The van der Waals surface area contributed by atoms with Gasteiger partial charge in [-0.3, -0.25) is 4.90 Å². The molecule has 1 aromatic heterocycles. The second-order valence-electron chi connectivity index (χ2n) is 13.0. The summed E-state index contributed by atoms with van der Waals surface area (Å²) in [6, 6.07) is 13.3. The number of rotatable bonds is 8. The smallest absolute Gasteiger partial charge is 0.407 e. The molecule has 11 nitrogen and oxygen atoms in total. The van der Waals surface area contributed by atoms with Crippen molar-refractivity contribution in [3.05, 3.63) is 53.3 Å². The molecule has 7 rings (SSSR count). The van der Waals surface area contributed by atoms with Crippen LogP contribution >= 0.6 is 11.6 Å². The first-order chi connectivity index (χ1) is 23.6. The average molecular weight is 693 g/mol. The summed E-state index contributed by atoms with van der Waals surface area (Å²) in [5, 5.41) is 31.2. The number of aromatic nitrogens is 2.